The lowest BCUT2D eigenvalue weighted by Crippen LogP contribution is -2.42. The van der Waals surface area contributed by atoms with Gasteiger partial charge >= 0.3 is 5.97 Å². The van der Waals surface area contributed by atoms with Crippen molar-refractivity contribution in [2.45, 2.75) is 44.6 Å². The second-order valence-corrected chi connectivity index (χ2v) is 4.40. The van der Waals surface area contributed by atoms with Crippen LogP contribution in [0.4, 0.5) is 0 Å². The molecule has 15 heavy (non-hydrogen) atoms. The Balaban J connectivity index is 2.14. The third-order valence-corrected chi connectivity index (χ3v) is 3.44. The number of hydrogen-bond acceptors (Lipinski definition) is 3. The summed E-state index contributed by atoms with van der Waals surface area (Å²) in [5, 5.41) is 2.79. The summed E-state index contributed by atoms with van der Waals surface area (Å²) in [5.74, 6) is -0.495. The average Bonchev–Trinajstić information content (AvgIpc) is 2.75. The van der Waals surface area contributed by atoms with Gasteiger partial charge in [0.2, 0.25) is 5.91 Å². The van der Waals surface area contributed by atoms with Crippen LogP contribution in [0.5, 0.6) is 0 Å². The van der Waals surface area contributed by atoms with Crippen LogP contribution in [-0.4, -0.2) is 24.0 Å². The van der Waals surface area contributed by atoms with Gasteiger partial charge in [0.15, 0.2) is 0 Å². The maximum absolute atomic E-state index is 11.8. The fraction of sp³-hybridized carbons (Fsp3) is 0.818. The van der Waals surface area contributed by atoms with E-state index in [0.29, 0.717) is 6.54 Å². The number of amides is 1. The molecule has 1 saturated carbocycles. The lowest BCUT2D eigenvalue weighted by Gasteiger charge is -2.27. The maximum atomic E-state index is 11.8. The van der Waals surface area contributed by atoms with Gasteiger partial charge in [-0.1, -0.05) is 0 Å². The summed E-state index contributed by atoms with van der Waals surface area (Å²) in [6, 6.07) is 0. The van der Waals surface area contributed by atoms with Crippen LogP contribution < -0.4 is 5.32 Å². The molecule has 1 spiro atoms. The zero-order valence-electron chi connectivity index (χ0n) is 9.04. The van der Waals surface area contributed by atoms with Crippen molar-refractivity contribution in [2.24, 2.45) is 5.92 Å². The van der Waals surface area contributed by atoms with Gasteiger partial charge < -0.3 is 10.1 Å². The largest absolute Gasteiger partial charge is 0.458 e. The third-order valence-electron chi connectivity index (χ3n) is 3.44. The summed E-state index contributed by atoms with van der Waals surface area (Å²) in [7, 11) is 0. The van der Waals surface area contributed by atoms with Crippen LogP contribution in [-0.2, 0) is 14.3 Å². The molecule has 1 heterocycles. The van der Waals surface area contributed by atoms with Gasteiger partial charge in [-0.15, -0.1) is 0 Å². The van der Waals surface area contributed by atoms with E-state index in [1.54, 1.807) is 0 Å². The van der Waals surface area contributed by atoms with Gasteiger partial charge in [-0.05, 0) is 32.6 Å². The lowest BCUT2D eigenvalue weighted by molar-refractivity contribution is -0.149. The molecule has 4 nitrogen and oxygen atoms in total. The van der Waals surface area contributed by atoms with E-state index in [1.807, 2.05) is 6.92 Å². The number of nitrogens with one attached hydrogen (secondary N) is 1. The van der Waals surface area contributed by atoms with Gasteiger partial charge in [0.05, 0.1) is 12.3 Å². The molecule has 1 aliphatic carbocycles. The molecule has 0 aromatic heterocycles. The van der Waals surface area contributed by atoms with E-state index in [4.69, 9.17) is 4.74 Å². The van der Waals surface area contributed by atoms with Crippen LogP contribution in [0, 0.1) is 5.92 Å². The summed E-state index contributed by atoms with van der Waals surface area (Å²) in [6.07, 6.45) is 4.07. The molecular formula is C11H17NO3. The van der Waals surface area contributed by atoms with Crippen LogP contribution >= 0.6 is 0 Å². The van der Waals surface area contributed by atoms with Gasteiger partial charge in [0.1, 0.15) is 5.60 Å². The summed E-state index contributed by atoms with van der Waals surface area (Å²) < 4.78 is 5.39. The van der Waals surface area contributed by atoms with E-state index in [2.05, 4.69) is 5.32 Å². The van der Waals surface area contributed by atoms with Gasteiger partial charge in [-0.25, -0.2) is 0 Å². The van der Waals surface area contributed by atoms with Crippen molar-refractivity contribution in [1.82, 2.24) is 5.32 Å². The predicted octanol–water partition coefficient (Wildman–Crippen LogP) is 0.998. The summed E-state index contributed by atoms with van der Waals surface area (Å²) in [6.45, 7) is 2.50. The fourth-order valence-electron chi connectivity index (χ4n) is 2.75. The Bertz CT molecular complexity index is 282. The molecule has 1 amide bonds. The average molecular weight is 211 g/mol. The van der Waals surface area contributed by atoms with Crippen molar-refractivity contribution < 1.29 is 14.3 Å². The van der Waals surface area contributed by atoms with Crippen LogP contribution in [0.25, 0.3) is 0 Å². The third kappa shape index (κ3) is 1.73. The molecule has 1 saturated heterocycles. The van der Waals surface area contributed by atoms with Crippen LogP contribution in [0.1, 0.15) is 39.0 Å². The molecule has 2 aliphatic rings. The topological polar surface area (TPSA) is 55.4 Å². The second kappa shape index (κ2) is 3.83. The molecule has 0 aromatic rings. The number of esters is 1. The van der Waals surface area contributed by atoms with E-state index < -0.39 is 5.60 Å². The molecule has 84 valence electrons. The molecule has 1 atom stereocenters. The quantitative estimate of drug-likeness (QED) is 0.693. The van der Waals surface area contributed by atoms with Crippen molar-refractivity contribution in [2.75, 3.05) is 6.54 Å². The minimum Gasteiger partial charge on any atom is -0.458 e. The fourth-order valence-corrected chi connectivity index (χ4v) is 2.75. The Morgan fingerprint density at radius 3 is 2.80 bits per heavy atom. The molecule has 4 heteroatoms. The van der Waals surface area contributed by atoms with Crippen molar-refractivity contribution in [3.05, 3.63) is 0 Å². The number of ether oxygens (including phenoxy) is 1. The number of rotatable bonds is 2. The zero-order chi connectivity index (χ0) is 10.9. The monoisotopic (exact) mass is 211 g/mol. The summed E-state index contributed by atoms with van der Waals surface area (Å²) in [5.41, 5.74) is -0.462. The first-order chi connectivity index (χ1) is 7.18. The molecule has 2 fully saturated rings. The van der Waals surface area contributed by atoms with Gasteiger partial charge in [0.25, 0.3) is 0 Å². The van der Waals surface area contributed by atoms with Crippen molar-refractivity contribution >= 4 is 11.9 Å². The first kappa shape index (κ1) is 10.5. The normalized spacial score (nSPS) is 28.1. The molecule has 1 aliphatic heterocycles. The first-order valence-electron chi connectivity index (χ1n) is 5.67. The Kier molecular flexibility index (Phi) is 2.67. The van der Waals surface area contributed by atoms with Crippen LogP contribution in [0.2, 0.25) is 0 Å². The highest BCUT2D eigenvalue weighted by Gasteiger charge is 2.53. The lowest BCUT2D eigenvalue weighted by atomic mass is 9.85. The minimum atomic E-state index is -0.462. The zero-order valence-corrected chi connectivity index (χ0v) is 9.04. The molecular weight excluding hydrogens is 194 g/mol. The highest BCUT2D eigenvalue weighted by atomic mass is 16.6. The Morgan fingerprint density at radius 2 is 2.20 bits per heavy atom. The smallest absolute Gasteiger partial charge is 0.307 e. The van der Waals surface area contributed by atoms with Gasteiger partial charge in [-0.2, -0.15) is 0 Å². The maximum Gasteiger partial charge on any atom is 0.307 e. The standard InChI is InChI=1S/C11H17NO3/c1-2-12-10(14)8-7-9(13)15-11(8)5-3-4-6-11/h8H,2-7H2,1H3,(H,12,14). The van der Waals surface area contributed by atoms with Crippen molar-refractivity contribution in [3.63, 3.8) is 0 Å². The number of carbonyl (C=O) groups is 2. The summed E-state index contributed by atoms with van der Waals surface area (Å²) >= 11 is 0. The highest BCUT2D eigenvalue weighted by molar-refractivity contribution is 5.87. The van der Waals surface area contributed by atoms with E-state index in [-0.39, 0.29) is 24.2 Å². The SMILES string of the molecule is CCNC(=O)C1CC(=O)OC12CCCC2. The van der Waals surface area contributed by atoms with Crippen molar-refractivity contribution in [3.8, 4) is 0 Å². The minimum absolute atomic E-state index is 0.0229. The highest BCUT2D eigenvalue weighted by Crippen LogP contribution is 2.45. The summed E-state index contributed by atoms with van der Waals surface area (Å²) in [4.78, 5) is 23.1. The van der Waals surface area contributed by atoms with Crippen LogP contribution in [0.3, 0.4) is 0 Å². The van der Waals surface area contributed by atoms with Gasteiger partial charge in [0, 0.05) is 6.54 Å². The van der Waals surface area contributed by atoms with E-state index in [0.717, 1.165) is 25.7 Å². The van der Waals surface area contributed by atoms with E-state index in [1.165, 1.54) is 0 Å². The molecule has 1 N–H and O–H groups in total. The van der Waals surface area contributed by atoms with E-state index in [9.17, 15) is 9.59 Å². The Morgan fingerprint density at radius 1 is 1.53 bits per heavy atom. The Labute approximate surface area is 89.4 Å². The Hall–Kier alpha value is -1.06. The molecule has 2 rings (SSSR count). The molecule has 0 bridgehead atoms. The molecule has 0 radical (unpaired) electrons. The van der Waals surface area contributed by atoms with Crippen LogP contribution in [0.15, 0.2) is 0 Å². The molecule has 1 unspecified atom stereocenters. The number of carbonyl (C=O) groups excluding carboxylic acids is 2. The molecule has 0 aromatic carbocycles. The first-order valence-corrected chi connectivity index (χ1v) is 5.67. The second-order valence-electron chi connectivity index (χ2n) is 4.40. The van der Waals surface area contributed by atoms with Gasteiger partial charge in [-0.3, -0.25) is 9.59 Å². The van der Waals surface area contributed by atoms with Crippen molar-refractivity contribution in [1.29, 1.82) is 0 Å². The van der Waals surface area contributed by atoms with E-state index >= 15 is 0 Å². The number of hydrogen-bond donors (Lipinski definition) is 1. The predicted molar refractivity (Wildman–Crippen MR) is 54.1 cm³/mol.